The van der Waals surface area contributed by atoms with Crippen molar-refractivity contribution in [2.24, 2.45) is 0 Å². The number of hydrogen-bond donors (Lipinski definition) is 2. The van der Waals surface area contributed by atoms with Gasteiger partial charge in [-0.3, -0.25) is 24.0 Å². The fourth-order valence-electron chi connectivity index (χ4n) is 4.68. The van der Waals surface area contributed by atoms with Crippen LogP contribution in [0, 0.1) is 12.3 Å². The number of sulfone groups is 1. The van der Waals surface area contributed by atoms with Crippen LogP contribution in [-0.4, -0.2) is 138 Å². The zero-order valence-electron chi connectivity index (χ0n) is 30.4. The Bertz CT molecular complexity index is 1690. The largest absolute Gasteiger partial charge is 0.467 e. The van der Waals surface area contributed by atoms with Gasteiger partial charge >= 0.3 is 30.0 Å². The molecule has 0 saturated carbocycles. The van der Waals surface area contributed by atoms with Gasteiger partial charge in [-0.25, -0.2) is 18.0 Å². The minimum absolute atomic E-state index is 0.00193. The number of benzene rings is 1. The molecular weight excluding hydrogens is 742 g/mol. The second kappa shape index (κ2) is 21.3. The monoisotopic (exact) mass is 785 g/mol. The van der Waals surface area contributed by atoms with Crippen LogP contribution < -0.4 is 15.4 Å². The van der Waals surface area contributed by atoms with Crippen molar-refractivity contribution in [2.45, 2.75) is 64.5 Å². The molecule has 3 amide bonds. The van der Waals surface area contributed by atoms with Crippen LogP contribution in [0.3, 0.4) is 0 Å². The van der Waals surface area contributed by atoms with Gasteiger partial charge in [-0.05, 0) is 17.7 Å². The van der Waals surface area contributed by atoms with Crippen LogP contribution in [0.25, 0.3) is 0 Å². The molecule has 1 aliphatic heterocycles. The second-order valence-electron chi connectivity index (χ2n) is 11.6. The summed E-state index contributed by atoms with van der Waals surface area (Å²) in [4.78, 5) is 88.3. The van der Waals surface area contributed by atoms with Crippen LogP contribution in [0.4, 0.5) is 10.5 Å². The van der Waals surface area contributed by atoms with E-state index >= 15 is 0 Å². The van der Waals surface area contributed by atoms with Crippen molar-refractivity contribution in [3.63, 3.8) is 0 Å². The van der Waals surface area contributed by atoms with E-state index in [9.17, 15) is 42.0 Å². The van der Waals surface area contributed by atoms with Crippen LogP contribution in [-0.2, 0) is 78.4 Å². The topological polar surface area (TPSA) is 255 Å². The van der Waals surface area contributed by atoms with Gasteiger partial charge in [0.25, 0.3) is 0 Å². The molecule has 298 valence electrons. The maximum Gasteiger partial charge on any atom is 0.407 e. The molecule has 54 heavy (non-hydrogen) atoms. The molecule has 2 rings (SSSR count). The number of carbonyl (C=O) groups is 7. The number of methoxy groups -OCH3 is 1. The van der Waals surface area contributed by atoms with Crippen LogP contribution >= 0.6 is 0 Å². The Hall–Kier alpha value is -5.46. The summed E-state index contributed by atoms with van der Waals surface area (Å²) >= 11 is 0. The third-order valence-electron chi connectivity index (χ3n) is 6.96. The minimum Gasteiger partial charge on any atom is -0.467 e. The van der Waals surface area contributed by atoms with Crippen LogP contribution in [0.5, 0.6) is 5.75 Å². The van der Waals surface area contributed by atoms with E-state index in [0.29, 0.717) is 0 Å². The Kier molecular flexibility index (Phi) is 17.6. The van der Waals surface area contributed by atoms with Crippen molar-refractivity contribution in [2.75, 3.05) is 57.8 Å². The molecule has 20 nitrogen and oxygen atoms in total. The number of terminal acetylenes is 1. The minimum atomic E-state index is -3.35. The zero-order valence-corrected chi connectivity index (χ0v) is 31.3. The molecule has 0 radical (unpaired) electrons. The lowest BCUT2D eigenvalue weighted by molar-refractivity contribution is -0.282. The molecule has 1 fully saturated rings. The lowest BCUT2D eigenvalue weighted by Gasteiger charge is -2.43. The molecular formula is C33H43N3O17S. The standard InChI is InChI=1S/C33H43N3O17S/c1-8-13-47-14-11-26(41)36(5)17-25(40)35-23-16-22(18-48-33(43)34-12-15-54(7,44)45)9-10-24(23)52-32-30(51-21(4)39)28(50-20(3)38)27(49-19(2)37)29(53-32)31(42)46-6/h1,9-10,16,27-30,32H,11-15,17-18H2,2-7H3,(H,34,43)(H,35,40)/t27-,28?,29?,30?,32-/m1/s1. The van der Waals surface area contributed by atoms with E-state index in [0.717, 1.165) is 39.0 Å². The van der Waals surface area contributed by atoms with Crippen molar-refractivity contribution in [1.82, 2.24) is 10.2 Å². The summed E-state index contributed by atoms with van der Waals surface area (Å²) in [6.07, 6.45) is -3.48. The Balaban J connectivity index is 2.49. The predicted octanol–water partition coefficient (Wildman–Crippen LogP) is -0.534. The van der Waals surface area contributed by atoms with Crippen molar-refractivity contribution < 1.29 is 79.9 Å². The highest BCUT2D eigenvalue weighted by Crippen LogP contribution is 2.34. The summed E-state index contributed by atoms with van der Waals surface area (Å²) < 4.78 is 65.6. The number of likely N-dealkylation sites (N-methyl/N-ethyl adjacent to an activating group) is 1. The molecule has 1 aromatic rings. The number of amides is 3. The molecule has 0 aliphatic carbocycles. The summed E-state index contributed by atoms with van der Waals surface area (Å²) in [5.74, 6) is -3.27. The van der Waals surface area contributed by atoms with E-state index in [4.69, 9.17) is 44.3 Å². The molecule has 1 aromatic carbocycles. The average molecular weight is 786 g/mol. The first kappa shape index (κ1) is 44.7. The molecule has 1 heterocycles. The van der Waals surface area contributed by atoms with Gasteiger partial charge in [0.15, 0.2) is 18.3 Å². The first-order chi connectivity index (χ1) is 25.3. The Morgan fingerprint density at radius 3 is 2.19 bits per heavy atom. The molecule has 2 N–H and O–H groups in total. The number of nitrogens with zero attached hydrogens (tertiary/aromatic N) is 1. The van der Waals surface area contributed by atoms with Crippen molar-refractivity contribution >= 4 is 57.3 Å². The van der Waals surface area contributed by atoms with Gasteiger partial charge in [0, 0.05) is 40.6 Å². The SMILES string of the molecule is C#CCOCCC(=O)N(C)CC(=O)Nc1cc(COC(=O)NCCS(C)(=O)=O)ccc1O[C@@H]1OC(C(=O)OC)[C@H](OC(C)=O)C(OC(C)=O)C1OC(C)=O. The van der Waals surface area contributed by atoms with Gasteiger partial charge < -0.3 is 53.4 Å². The number of hydrogen-bond acceptors (Lipinski definition) is 17. The molecule has 3 unspecified atom stereocenters. The number of carbonyl (C=O) groups excluding carboxylic acids is 7. The van der Waals surface area contributed by atoms with Crippen molar-refractivity contribution in [3.8, 4) is 18.1 Å². The summed E-state index contributed by atoms with van der Waals surface area (Å²) in [7, 11) is -0.972. The molecule has 21 heteroatoms. The summed E-state index contributed by atoms with van der Waals surface area (Å²) in [6.45, 7) is 2.00. The molecule has 1 aliphatic rings. The first-order valence-corrected chi connectivity index (χ1v) is 18.1. The highest BCUT2D eigenvalue weighted by Gasteiger charge is 2.56. The third-order valence-corrected chi connectivity index (χ3v) is 7.91. The van der Waals surface area contributed by atoms with Crippen molar-refractivity contribution in [1.29, 1.82) is 0 Å². The summed E-state index contributed by atoms with van der Waals surface area (Å²) in [6, 6.07) is 4.00. The van der Waals surface area contributed by atoms with E-state index in [1.54, 1.807) is 0 Å². The Labute approximate surface area is 311 Å². The summed E-state index contributed by atoms with van der Waals surface area (Å²) in [5, 5.41) is 4.87. The van der Waals surface area contributed by atoms with Crippen molar-refractivity contribution in [3.05, 3.63) is 23.8 Å². The van der Waals surface area contributed by atoms with Gasteiger partial charge in [0.2, 0.25) is 24.2 Å². The lowest BCUT2D eigenvalue weighted by atomic mass is 9.97. The van der Waals surface area contributed by atoms with E-state index in [1.165, 1.54) is 25.2 Å². The Morgan fingerprint density at radius 2 is 1.59 bits per heavy atom. The van der Waals surface area contributed by atoms with Crippen LogP contribution in [0.1, 0.15) is 32.8 Å². The molecule has 0 aromatic heterocycles. The number of esters is 4. The number of nitrogens with one attached hydrogen (secondary N) is 2. The first-order valence-electron chi connectivity index (χ1n) is 16.0. The molecule has 5 atom stereocenters. The van der Waals surface area contributed by atoms with E-state index in [1.807, 2.05) is 0 Å². The van der Waals surface area contributed by atoms with E-state index in [2.05, 4.69) is 16.6 Å². The normalized spacial score (nSPS) is 19.2. The lowest BCUT2D eigenvalue weighted by Crippen LogP contribution is -2.64. The molecule has 0 bridgehead atoms. The zero-order chi connectivity index (χ0) is 40.6. The van der Waals surface area contributed by atoms with Gasteiger partial charge in [0.05, 0.1) is 38.1 Å². The highest BCUT2D eigenvalue weighted by atomic mass is 32.2. The Morgan fingerprint density at radius 1 is 0.963 bits per heavy atom. The van der Waals surface area contributed by atoms with Gasteiger partial charge in [-0.15, -0.1) is 6.42 Å². The number of alkyl carbamates (subject to hydrolysis) is 1. The van der Waals surface area contributed by atoms with Crippen LogP contribution in [0.15, 0.2) is 18.2 Å². The smallest absolute Gasteiger partial charge is 0.407 e. The van der Waals surface area contributed by atoms with Gasteiger partial charge in [0.1, 0.15) is 28.8 Å². The average Bonchev–Trinajstić information content (AvgIpc) is 3.07. The van der Waals surface area contributed by atoms with Gasteiger partial charge in [-0.1, -0.05) is 12.0 Å². The second-order valence-corrected chi connectivity index (χ2v) is 13.8. The number of anilines is 1. The fourth-order valence-corrected chi connectivity index (χ4v) is 5.15. The number of rotatable bonds is 18. The fraction of sp³-hybridized carbons (Fsp3) is 0.545. The summed E-state index contributed by atoms with van der Waals surface area (Å²) in [5.41, 5.74) is 0.162. The van der Waals surface area contributed by atoms with Crippen LogP contribution in [0.2, 0.25) is 0 Å². The maximum atomic E-state index is 13.2. The molecule has 0 spiro atoms. The molecule has 1 saturated heterocycles. The third kappa shape index (κ3) is 15.3. The maximum absolute atomic E-state index is 13.2. The van der Waals surface area contributed by atoms with Gasteiger partial charge in [-0.2, -0.15) is 0 Å². The quantitative estimate of drug-likeness (QED) is 0.0821. The van der Waals surface area contributed by atoms with E-state index < -0.39 is 88.9 Å². The number of ether oxygens (including phenoxy) is 8. The highest BCUT2D eigenvalue weighted by molar-refractivity contribution is 7.90. The van der Waals surface area contributed by atoms with E-state index in [-0.39, 0.29) is 55.5 Å². The predicted molar refractivity (Wildman–Crippen MR) is 183 cm³/mol.